The number of hydrogen-bond acceptors (Lipinski definition) is 3. The van der Waals surface area contributed by atoms with Crippen LogP contribution in [-0.2, 0) is 11.2 Å². The lowest BCUT2D eigenvalue weighted by Gasteiger charge is -2.04. The fraction of sp³-hybridized carbons (Fsp3) is 0.467. The Morgan fingerprint density at radius 2 is 2.26 bits per heavy atom. The molecule has 0 saturated carbocycles. The van der Waals surface area contributed by atoms with Gasteiger partial charge in [0.1, 0.15) is 5.52 Å². The minimum absolute atomic E-state index is 0.139. The van der Waals surface area contributed by atoms with Crippen LogP contribution < -0.4 is 5.32 Å². The summed E-state index contributed by atoms with van der Waals surface area (Å²) in [6, 6.07) is 5.97. The minimum atomic E-state index is 0.139. The van der Waals surface area contributed by atoms with E-state index < -0.39 is 0 Å². The van der Waals surface area contributed by atoms with Crippen LogP contribution in [0, 0.1) is 6.92 Å². The zero-order chi connectivity index (χ0) is 13.7. The van der Waals surface area contributed by atoms with E-state index in [0.717, 1.165) is 35.9 Å². The maximum Gasteiger partial charge on any atom is 0.220 e. The molecule has 0 bridgehead atoms. The molecule has 2 rings (SSSR count). The standard InChI is InChI=1S/C15H20N2O2/c1-3-4-5-15(18)16-9-8-12-6-7-14-13(10-12)17-11(2)19-14/h6-7,10H,3-5,8-9H2,1-2H3,(H,16,18). The first-order valence-corrected chi connectivity index (χ1v) is 6.82. The first kappa shape index (κ1) is 13.6. The fourth-order valence-corrected chi connectivity index (χ4v) is 2.02. The average molecular weight is 260 g/mol. The first-order valence-electron chi connectivity index (χ1n) is 6.82. The molecule has 0 atom stereocenters. The number of fused-ring (bicyclic) bond motifs is 1. The SMILES string of the molecule is CCCCC(=O)NCCc1ccc2oc(C)nc2c1. The molecule has 2 aromatic rings. The van der Waals surface area contributed by atoms with Crippen LogP contribution in [0.5, 0.6) is 0 Å². The largest absolute Gasteiger partial charge is 0.441 e. The molecule has 0 aliphatic rings. The number of hydrogen-bond donors (Lipinski definition) is 1. The minimum Gasteiger partial charge on any atom is -0.441 e. The Morgan fingerprint density at radius 3 is 3.05 bits per heavy atom. The topological polar surface area (TPSA) is 55.1 Å². The molecule has 0 fully saturated rings. The zero-order valence-corrected chi connectivity index (χ0v) is 11.5. The second kappa shape index (κ2) is 6.36. The number of carbonyl (C=O) groups excluding carboxylic acids is 1. The maximum absolute atomic E-state index is 11.5. The number of benzene rings is 1. The molecule has 0 spiro atoms. The lowest BCUT2D eigenvalue weighted by Crippen LogP contribution is -2.25. The second-order valence-electron chi connectivity index (χ2n) is 4.74. The van der Waals surface area contributed by atoms with Gasteiger partial charge in [0.25, 0.3) is 0 Å². The van der Waals surface area contributed by atoms with Gasteiger partial charge in [-0.2, -0.15) is 0 Å². The van der Waals surface area contributed by atoms with E-state index in [0.29, 0.717) is 18.9 Å². The Labute approximate surface area is 113 Å². The third-order valence-corrected chi connectivity index (χ3v) is 3.05. The van der Waals surface area contributed by atoms with E-state index in [9.17, 15) is 4.79 Å². The van der Waals surface area contributed by atoms with Crippen molar-refractivity contribution in [2.24, 2.45) is 0 Å². The van der Waals surface area contributed by atoms with E-state index in [2.05, 4.69) is 17.2 Å². The Morgan fingerprint density at radius 1 is 1.42 bits per heavy atom. The highest BCUT2D eigenvalue weighted by atomic mass is 16.3. The van der Waals surface area contributed by atoms with Crippen LogP contribution in [0.25, 0.3) is 11.1 Å². The summed E-state index contributed by atoms with van der Waals surface area (Å²) in [6.07, 6.45) is 3.45. The highest BCUT2D eigenvalue weighted by molar-refractivity contribution is 5.76. The van der Waals surface area contributed by atoms with Gasteiger partial charge < -0.3 is 9.73 Å². The van der Waals surface area contributed by atoms with E-state index >= 15 is 0 Å². The van der Waals surface area contributed by atoms with Crippen molar-refractivity contribution in [3.05, 3.63) is 29.7 Å². The summed E-state index contributed by atoms with van der Waals surface area (Å²) < 4.78 is 5.43. The molecule has 0 saturated heterocycles. The van der Waals surface area contributed by atoms with E-state index in [1.165, 1.54) is 0 Å². The molecule has 0 radical (unpaired) electrons. The number of oxazole rings is 1. The monoisotopic (exact) mass is 260 g/mol. The van der Waals surface area contributed by atoms with Gasteiger partial charge in [-0.3, -0.25) is 4.79 Å². The summed E-state index contributed by atoms with van der Waals surface area (Å²) in [4.78, 5) is 15.8. The Kier molecular flexibility index (Phi) is 4.55. The van der Waals surface area contributed by atoms with Gasteiger partial charge >= 0.3 is 0 Å². The quantitative estimate of drug-likeness (QED) is 0.868. The molecule has 4 heteroatoms. The number of nitrogens with one attached hydrogen (secondary N) is 1. The van der Waals surface area contributed by atoms with Gasteiger partial charge in [-0.1, -0.05) is 19.4 Å². The predicted octanol–water partition coefficient (Wildman–Crippen LogP) is 2.99. The van der Waals surface area contributed by atoms with Gasteiger partial charge in [-0.05, 0) is 30.5 Å². The lowest BCUT2D eigenvalue weighted by atomic mass is 10.1. The highest BCUT2D eigenvalue weighted by Gasteiger charge is 2.04. The number of nitrogens with zero attached hydrogens (tertiary/aromatic N) is 1. The summed E-state index contributed by atoms with van der Waals surface area (Å²) in [7, 11) is 0. The molecule has 1 aromatic carbocycles. The highest BCUT2D eigenvalue weighted by Crippen LogP contribution is 2.16. The van der Waals surface area contributed by atoms with E-state index in [4.69, 9.17) is 4.42 Å². The van der Waals surface area contributed by atoms with Gasteiger partial charge in [0.2, 0.25) is 5.91 Å². The number of rotatable bonds is 6. The van der Waals surface area contributed by atoms with Gasteiger partial charge in [0.15, 0.2) is 11.5 Å². The van der Waals surface area contributed by atoms with Crippen molar-refractivity contribution in [2.75, 3.05) is 6.54 Å². The van der Waals surface area contributed by atoms with Crippen molar-refractivity contribution in [1.82, 2.24) is 10.3 Å². The smallest absolute Gasteiger partial charge is 0.220 e. The van der Waals surface area contributed by atoms with Crippen molar-refractivity contribution in [3.8, 4) is 0 Å². The average Bonchev–Trinajstić information content (AvgIpc) is 2.75. The van der Waals surface area contributed by atoms with Gasteiger partial charge in [0, 0.05) is 19.9 Å². The third kappa shape index (κ3) is 3.81. The zero-order valence-electron chi connectivity index (χ0n) is 11.5. The van der Waals surface area contributed by atoms with Crippen LogP contribution in [0.15, 0.2) is 22.6 Å². The molecule has 0 aliphatic heterocycles. The van der Waals surface area contributed by atoms with Crippen molar-refractivity contribution < 1.29 is 9.21 Å². The van der Waals surface area contributed by atoms with Crippen LogP contribution >= 0.6 is 0 Å². The van der Waals surface area contributed by atoms with Crippen LogP contribution in [0.4, 0.5) is 0 Å². The summed E-state index contributed by atoms with van der Waals surface area (Å²) in [5.74, 6) is 0.820. The van der Waals surface area contributed by atoms with Crippen molar-refractivity contribution >= 4 is 17.0 Å². The lowest BCUT2D eigenvalue weighted by molar-refractivity contribution is -0.121. The molecular formula is C15H20N2O2. The third-order valence-electron chi connectivity index (χ3n) is 3.05. The van der Waals surface area contributed by atoms with Gasteiger partial charge in [-0.15, -0.1) is 0 Å². The van der Waals surface area contributed by atoms with E-state index in [1.807, 2.05) is 25.1 Å². The number of amides is 1. The number of unbranched alkanes of at least 4 members (excludes halogenated alkanes) is 1. The van der Waals surface area contributed by atoms with E-state index in [1.54, 1.807) is 0 Å². The Bertz CT molecular complexity index is 560. The molecular weight excluding hydrogens is 240 g/mol. The summed E-state index contributed by atoms with van der Waals surface area (Å²) in [6.45, 7) is 4.60. The number of aryl methyl sites for hydroxylation is 1. The molecule has 0 unspecified atom stereocenters. The molecule has 1 amide bonds. The maximum atomic E-state index is 11.5. The molecule has 19 heavy (non-hydrogen) atoms. The van der Waals surface area contributed by atoms with Crippen molar-refractivity contribution in [3.63, 3.8) is 0 Å². The van der Waals surface area contributed by atoms with E-state index in [-0.39, 0.29) is 5.91 Å². The molecule has 1 N–H and O–H groups in total. The summed E-state index contributed by atoms with van der Waals surface area (Å²) in [5, 5.41) is 2.94. The van der Waals surface area contributed by atoms with Crippen molar-refractivity contribution in [1.29, 1.82) is 0 Å². The van der Waals surface area contributed by atoms with Crippen molar-refractivity contribution in [2.45, 2.75) is 39.5 Å². The van der Waals surface area contributed by atoms with Gasteiger partial charge in [0.05, 0.1) is 0 Å². The van der Waals surface area contributed by atoms with Crippen LogP contribution in [-0.4, -0.2) is 17.4 Å². The Balaban J connectivity index is 1.86. The Hall–Kier alpha value is -1.84. The van der Waals surface area contributed by atoms with Crippen LogP contribution in [0.1, 0.15) is 37.6 Å². The molecule has 102 valence electrons. The van der Waals surface area contributed by atoms with Crippen LogP contribution in [0.3, 0.4) is 0 Å². The molecule has 1 heterocycles. The fourth-order valence-electron chi connectivity index (χ4n) is 2.02. The first-order chi connectivity index (χ1) is 9.19. The summed E-state index contributed by atoms with van der Waals surface area (Å²) >= 11 is 0. The summed E-state index contributed by atoms with van der Waals surface area (Å²) in [5.41, 5.74) is 2.86. The second-order valence-corrected chi connectivity index (χ2v) is 4.74. The molecule has 4 nitrogen and oxygen atoms in total. The number of carbonyl (C=O) groups is 1. The molecule has 1 aromatic heterocycles. The predicted molar refractivity (Wildman–Crippen MR) is 75.0 cm³/mol. The van der Waals surface area contributed by atoms with Gasteiger partial charge in [-0.25, -0.2) is 4.98 Å². The molecule has 0 aliphatic carbocycles. The number of aromatic nitrogens is 1. The van der Waals surface area contributed by atoms with Crippen LogP contribution in [0.2, 0.25) is 0 Å². The normalized spacial score (nSPS) is 10.8.